The van der Waals surface area contributed by atoms with Crippen molar-refractivity contribution >= 4 is 6.29 Å². The van der Waals surface area contributed by atoms with Crippen LogP contribution in [-0.2, 0) is 11.2 Å². The third kappa shape index (κ3) is 5.13. The summed E-state index contributed by atoms with van der Waals surface area (Å²) in [5.74, 6) is 0. The van der Waals surface area contributed by atoms with Crippen LogP contribution in [0.4, 0.5) is 0 Å². The summed E-state index contributed by atoms with van der Waals surface area (Å²) in [6.07, 6.45) is 5.63. The Bertz CT molecular complexity index is 304. The van der Waals surface area contributed by atoms with E-state index in [2.05, 4.69) is 0 Å². The smallest absolute Gasteiger partial charge is 0.142 e. The number of hydrogen-bond acceptors (Lipinski definition) is 2. The average molecular weight is 204 g/mol. The summed E-state index contributed by atoms with van der Waals surface area (Å²) < 4.78 is 0. The van der Waals surface area contributed by atoms with Gasteiger partial charge in [-0.05, 0) is 30.9 Å². The number of aryl methyl sites for hydroxylation is 1. The normalized spacial score (nSPS) is 12.9. The zero-order valence-electron chi connectivity index (χ0n) is 8.67. The minimum absolute atomic E-state index is 0.360. The first kappa shape index (κ1) is 11.7. The second-order valence-corrected chi connectivity index (χ2v) is 3.48. The van der Waals surface area contributed by atoms with Gasteiger partial charge in [-0.1, -0.05) is 36.4 Å². The van der Waals surface area contributed by atoms with Crippen molar-refractivity contribution in [2.75, 3.05) is 0 Å². The Balaban J connectivity index is 2.25. The fraction of sp³-hybridized carbons (Fsp3) is 0.308. The van der Waals surface area contributed by atoms with Gasteiger partial charge in [-0.25, -0.2) is 0 Å². The second kappa shape index (κ2) is 6.96. The predicted molar refractivity (Wildman–Crippen MR) is 60.6 cm³/mol. The van der Waals surface area contributed by atoms with Crippen molar-refractivity contribution in [1.82, 2.24) is 0 Å². The van der Waals surface area contributed by atoms with Gasteiger partial charge in [-0.2, -0.15) is 0 Å². The van der Waals surface area contributed by atoms with E-state index in [4.69, 9.17) is 0 Å². The first-order valence-corrected chi connectivity index (χ1v) is 5.15. The number of allylic oxidation sites excluding steroid dienone is 1. The van der Waals surface area contributed by atoms with Crippen molar-refractivity contribution in [3.05, 3.63) is 48.0 Å². The van der Waals surface area contributed by atoms with E-state index in [0.717, 1.165) is 19.1 Å². The quantitative estimate of drug-likeness (QED) is 0.569. The third-order valence-corrected chi connectivity index (χ3v) is 2.23. The lowest BCUT2D eigenvalue weighted by molar-refractivity contribution is -0.104. The summed E-state index contributed by atoms with van der Waals surface area (Å²) in [6, 6.07) is 10.1. The van der Waals surface area contributed by atoms with Crippen LogP contribution in [0.25, 0.3) is 0 Å². The number of rotatable bonds is 6. The predicted octanol–water partition coefficient (Wildman–Crippen LogP) is 2.13. The lowest BCUT2D eigenvalue weighted by Gasteiger charge is -2.07. The number of aliphatic hydroxyl groups is 1. The van der Waals surface area contributed by atoms with Crippen molar-refractivity contribution in [1.29, 1.82) is 0 Å². The Morgan fingerprint density at radius 1 is 1.27 bits per heavy atom. The zero-order chi connectivity index (χ0) is 10.9. The molecule has 2 heteroatoms. The zero-order valence-corrected chi connectivity index (χ0v) is 8.67. The molecule has 1 aromatic carbocycles. The third-order valence-electron chi connectivity index (χ3n) is 2.23. The molecular weight excluding hydrogens is 188 g/mol. The largest absolute Gasteiger partial charge is 0.393 e. The van der Waals surface area contributed by atoms with Crippen LogP contribution in [0, 0.1) is 0 Å². The first-order valence-electron chi connectivity index (χ1n) is 5.15. The van der Waals surface area contributed by atoms with E-state index in [1.165, 1.54) is 11.6 Å². The maximum atomic E-state index is 10.00. The molecule has 0 bridgehead atoms. The van der Waals surface area contributed by atoms with E-state index >= 15 is 0 Å². The van der Waals surface area contributed by atoms with Gasteiger partial charge in [0.25, 0.3) is 0 Å². The molecule has 0 unspecified atom stereocenters. The van der Waals surface area contributed by atoms with Crippen LogP contribution < -0.4 is 0 Å². The SMILES string of the molecule is O=C/C=C/C[C@@H](O)CCc1ccccc1. The summed E-state index contributed by atoms with van der Waals surface area (Å²) in [5, 5.41) is 9.57. The van der Waals surface area contributed by atoms with Gasteiger partial charge in [-0.3, -0.25) is 4.79 Å². The molecule has 0 spiro atoms. The van der Waals surface area contributed by atoms with E-state index < -0.39 is 0 Å². The van der Waals surface area contributed by atoms with E-state index in [1.54, 1.807) is 6.08 Å². The number of aliphatic hydroxyl groups excluding tert-OH is 1. The van der Waals surface area contributed by atoms with E-state index in [-0.39, 0.29) is 6.10 Å². The highest BCUT2D eigenvalue weighted by atomic mass is 16.3. The number of aldehydes is 1. The fourth-order valence-corrected chi connectivity index (χ4v) is 1.39. The van der Waals surface area contributed by atoms with Gasteiger partial charge in [-0.15, -0.1) is 0 Å². The maximum Gasteiger partial charge on any atom is 0.142 e. The minimum atomic E-state index is -0.360. The van der Waals surface area contributed by atoms with Crippen molar-refractivity contribution in [2.24, 2.45) is 0 Å². The Morgan fingerprint density at radius 2 is 2.00 bits per heavy atom. The molecule has 0 heterocycles. The molecule has 1 atom stereocenters. The van der Waals surface area contributed by atoms with Gasteiger partial charge in [0.1, 0.15) is 6.29 Å². The molecule has 2 nitrogen and oxygen atoms in total. The van der Waals surface area contributed by atoms with Gasteiger partial charge in [0.05, 0.1) is 6.10 Å². The summed E-state index contributed by atoms with van der Waals surface area (Å²) in [4.78, 5) is 10.00. The van der Waals surface area contributed by atoms with Crippen LogP contribution in [-0.4, -0.2) is 17.5 Å². The summed E-state index contributed by atoms with van der Waals surface area (Å²) >= 11 is 0. The molecule has 80 valence electrons. The Morgan fingerprint density at radius 3 is 2.67 bits per heavy atom. The lowest BCUT2D eigenvalue weighted by Crippen LogP contribution is -2.06. The molecule has 0 aliphatic carbocycles. The topological polar surface area (TPSA) is 37.3 Å². The van der Waals surface area contributed by atoms with Gasteiger partial charge in [0.2, 0.25) is 0 Å². The van der Waals surface area contributed by atoms with Crippen LogP contribution >= 0.6 is 0 Å². The minimum Gasteiger partial charge on any atom is -0.393 e. The van der Waals surface area contributed by atoms with Gasteiger partial charge in [0, 0.05) is 0 Å². The molecule has 0 saturated carbocycles. The Labute approximate surface area is 90.3 Å². The molecule has 0 amide bonds. The molecule has 1 N–H and O–H groups in total. The molecule has 0 aromatic heterocycles. The van der Waals surface area contributed by atoms with Crippen LogP contribution in [0.15, 0.2) is 42.5 Å². The summed E-state index contributed by atoms with van der Waals surface area (Å²) in [5.41, 5.74) is 1.23. The second-order valence-electron chi connectivity index (χ2n) is 3.48. The molecular formula is C13H16O2. The van der Waals surface area contributed by atoms with E-state index in [1.807, 2.05) is 30.3 Å². The summed E-state index contributed by atoms with van der Waals surface area (Å²) in [7, 11) is 0. The first-order chi connectivity index (χ1) is 7.33. The molecule has 0 fully saturated rings. The van der Waals surface area contributed by atoms with E-state index in [9.17, 15) is 9.90 Å². The number of carbonyl (C=O) groups excluding carboxylic acids is 1. The molecule has 1 aromatic rings. The summed E-state index contributed by atoms with van der Waals surface area (Å²) in [6.45, 7) is 0. The Hall–Kier alpha value is -1.41. The number of hydrogen-bond donors (Lipinski definition) is 1. The highest BCUT2D eigenvalue weighted by Gasteiger charge is 2.01. The average Bonchev–Trinajstić information content (AvgIpc) is 2.28. The molecule has 1 rings (SSSR count). The fourth-order valence-electron chi connectivity index (χ4n) is 1.39. The monoisotopic (exact) mass is 204 g/mol. The highest BCUT2D eigenvalue weighted by Crippen LogP contribution is 2.07. The molecule has 0 aliphatic heterocycles. The van der Waals surface area contributed by atoms with Crippen molar-refractivity contribution in [3.8, 4) is 0 Å². The maximum absolute atomic E-state index is 10.00. The number of carbonyl (C=O) groups is 1. The molecule has 0 saturated heterocycles. The standard InChI is InChI=1S/C13H16O2/c14-11-5-4-8-13(15)10-9-12-6-2-1-3-7-12/h1-7,11,13,15H,8-10H2/b5-4+/t13-/m1/s1. The highest BCUT2D eigenvalue weighted by molar-refractivity contribution is 5.64. The molecule has 0 radical (unpaired) electrons. The lowest BCUT2D eigenvalue weighted by atomic mass is 10.1. The molecule has 15 heavy (non-hydrogen) atoms. The van der Waals surface area contributed by atoms with Crippen molar-refractivity contribution in [3.63, 3.8) is 0 Å². The van der Waals surface area contributed by atoms with Crippen molar-refractivity contribution in [2.45, 2.75) is 25.4 Å². The van der Waals surface area contributed by atoms with Gasteiger partial charge in [0.15, 0.2) is 0 Å². The van der Waals surface area contributed by atoms with Crippen LogP contribution in [0.1, 0.15) is 18.4 Å². The van der Waals surface area contributed by atoms with Crippen molar-refractivity contribution < 1.29 is 9.90 Å². The van der Waals surface area contributed by atoms with Gasteiger partial charge >= 0.3 is 0 Å². The number of benzene rings is 1. The van der Waals surface area contributed by atoms with Gasteiger partial charge < -0.3 is 5.11 Å². The van der Waals surface area contributed by atoms with Crippen LogP contribution in [0.3, 0.4) is 0 Å². The Kier molecular flexibility index (Phi) is 5.41. The van der Waals surface area contributed by atoms with Crippen LogP contribution in [0.5, 0.6) is 0 Å². The van der Waals surface area contributed by atoms with Crippen LogP contribution in [0.2, 0.25) is 0 Å². The van der Waals surface area contributed by atoms with E-state index in [0.29, 0.717) is 6.42 Å². The molecule has 0 aliphatic rings.